The minimum Gasteiger partial charge on any atom is -0.348 e. The van der Waals surface area contributed by atoms with Gasteiger partial charge >= 0.3 is 0 Å². The second-order valence-electron chi connectivity index (χ2n) is 6.42. The second kappa shape index (κ2) is 7.56. The average Bonchev–Trinajstić information content (AvgIpc) is 2.67. The van der Waals surface area contributed by atoms with Crippen molar-refractivity contribution < 1.29 is 16.4 Å². The van der Waals surface area contributed by atoms with E-state index in [4.69, 9.17) is 5.26 Å². The first-order valence-corrected chi connectivity index (χ1v) is 8.46. The quantitative estimate of drug-likeness (QED) is 0.719. The number of H-pyrrole nitrogens is 1. The largest absolute Gasteiger partial charge is 0.348 e. The van der Waals surface area contributed by atoms with E-state index >= 15 is 0 Å². The van der Waals surface area contributed by atoms with E-state index in [-0.39, 0.29) is 20.4 Å². The molecule has 0 aliphatic heterocycles. The van der Waals surface area contributed by atoms with Crippen molar-refractivity contribution in [3.8, 4) is 6.07 Å². The Bertz CT molecular complexity index is 1170. The Morgan fingerprint density at radius 2 is 2.07 bits per heavy atom. The van der Waals surface area contributed by atoms with E-state index < -0.39 is 29.1 Å². The van der Waals surface area contributed by atoms with Gasteiger partial charge in [0, 0.05) is 26.1 Å². The van der Waals surface area contributed by atoms with Gasteiger partial charge in [0.15, 0.2) is 11.6 Å². The van der Waals surface area contributed by atoms with Gasteiger partial charge in [0.25, 0.3) is 5.56 Å². The molecular weight excluding hydrogens is 366 g/mol. The van der Waals surface area contributed by atoms with Crippen LogP contribution in [0.25, 0.3) is 10.9 Å². The maximum Gasteiger partial charge on any atom is 0.252 e. The van der Waals surface area contributed by atoms with Crippen molar-refractivity contribution in [3.05, 3.63) is 74.8 Å². The Labute approximate surface area is 161 Å². The highest BCUT2D eigenvalue weighted by Gasteiger charge is 2.17. The standard InChI is InChI=1S/C20H16F2N4O2.2H2/c1-10-13-5-15(21)16(22)7-18(13)26-20(28)14(10)6-19(27)25-11(2)17-4-3-12(8-23)9-24-17;;/h3-5,7,9,11H,6H2,1-2H3,(H,25,27)(H,26,28);2*1H/t11-;;/m0../s1. The molecule has 0 spiro atoms. The van der Waals surface area contributed by atoms with Crippen molar-refractivity contribution in [1.82, 2.24) is 15.3 Å². The highest BCUT2D eigenvalue weighted by atomic mass is 19.2. The molecule has 0 aliphatic carbocycles. The van der Waals surface area contributed by atoms with Crippen molar-refractivity contribution in [2.75, 3.05) is 0 Å². The Balaban J connectivity index is 0.00000225. The highest BCUT2D eigenvalue weighted by molar-refractivity contribution is 5.86. The minimum absolute atomic E-state index is 0. The van der Waals surface area contributed by atoms with Gasteiger partial charge in [-0.05, 0) is 37.6 Å². The number of aromatic nitrogens is 2. The summed E-state index contributed by atoms with van der Waals surface area (Å²) in [6, 6.07) is 6.67. The molecule has 28 heavy (non-hydrogen) atoms. The molecular formula is C20H20F2N4O2. The highest BCUT2D eigenvalue weighted by Crippen LogP contribution is 2.21. The van der Waals surface area contributed by atoms with Gasteiger partial charge in [-0.25, -0.2) is 8.78 Å². The van der Waals surface area contributed by atoms with Crippen LogP contribution in [0, 0.1) is 29.9 Å². The maximum atomic E-state index is 13.6. The molecule has 1 atom stereocenters. The van der Waals surface area contributed by atoms with E-state index in [1.54, 1.807) is 26.0 Å². The molecule has 1 amide bonds. The normalized spacial score (nSPS) is 11.8. The van der Waals surface area contributed by atoms with Crippen molar-refractivity contribution in [1.29, 1.82) is 5.26 Å². The van der Waals surface area contributed by atoms with Crippen molar-refractivity contribution in [2.24, 2.45) is 0 Å². The summed E-state index contributed by atoms with van der Waals surface area (Å²) in [6.07, 6.45) is 1.18. The molecule has 2 N–H and O–H groups in total. The summed E-state index contributed by atoms with van der Waals surface area (Å²) in [7, 11) is 0. The molecule has 0 bridgehead atoms. The number of aryl methyl sites for hydroxylation is 1. The van der Waals surface area contributed by atoms with Gasteiger partial charge in [-0.15, -0.1) is 0 Å². The van der Waals surface area contributed by atoms with Gasteiger partial charge in [-0.2, -0.15) is 5.26 Å². The lowest BCUT2D eigenvalue weighted by Crippen LogP contribution is -2.31. The average molecular weight is 386 g/mol. The number of halogens is 2. The van der Waals surface area contributed by atoms with E-state index in [2.05, 4.69) is 15.3 Å². The minimum atomic E-state index is -1.06. The Morgan fingerprint density at radius 3 is 2.71 bits per heavy atom. The molecule has 2 heterocycles. The predicted molar refractivity (Wildman–Crippen MR) is 103 cm³/mol. The van der Waals surface area contributed by atoms with Gasteiger partial charge < -0.3 is 10.3 Å². The number of benzene rings is 1. The summed E-state index contributed by atoms with van der Waals surface area (Å²) in [5, 5.41) is 11.9. The van der Waals surface area contributed by atoms with Crippen LogP contribution in [-0.4, -0.2) is 15.9 Å². The monoisotopic (exact) mass is 386 g/mol. The first-order valence-electron chi connectivity index (χ1n) is 8.46. The Morgan fingerprint density at radius 1 is 1.36 bits per heavy atom. The molecule has 0 aliphatic rings. The summed E-state index contributed by atoms with van der Waals surface area (Å²) >= 11 is 0. The van der Waals surface area contributed by atoms with Gasteiger partial charge in [0.1, 0.15) is 6.07 Å². The predicted octanol–water partition coefficient (Wildman–Crippen LogP) is 3.29. The zero-order valence-corrected chi connectivity index (χ0v) is 15.1. The topological polar surface area (TPSA) is 98.6 Å². The molecule has 0 fully saturated rings. The number of nitrogens with one attached hydrogen (secondary N) is 2. The lowest BCUT2D eigenvalue weighted by molar-refractivity contribution is -0.121. The van der Waals surface area contributed by atoms with E-state index in [0.29, 0.717) is 22.2 Å². The number of nitriles is 1. The number of pyridine rings is 2. The molecule has 2 aromatic heterocycles. The summed E-state index contributed by atoms with van der Waals surface area (Å²) in [5.74, 6) is -2.51. The van der Waals surface area contributed by atoms with Gasteiger partial charge in [0.05, 0.1) is 29.2 Å². The van der Waals surface area contributed by atoms with Crippen LogP contribution in [0.15, 0.2) is 35.3 Å². The molecule has 6 nitrogen and oxygen atoms in total. The van der Waals surface area contributed by atoms with Crippen LogP contribution in [-0.2, 0) is 11.2 Å². The molecule has 146 valence electrons. The molecule has 0 saturated heterocycles. The van der Waals surface area contributed by atoms with Crippen LogP contribution in [0.3, 0.4) is 0 Å². The lowest BCUT2D eigenvalue weighted by Gasteiger charge is -2.14. The van der Waals surface area contributed by atoms with E-state index in [1.165, 1.54) is 6.20 Å². The number of carbonyl (C=O) groups is 1. The summed E-state index contributed by atoms with van der Waals surface area (Å²) in [6.45, 7) is 3.31. The third-order valence-electron chi connectivity index (χ3n) is 4.51. The van der Waals surface area contributed by atoms with E-state index in [9.17, 15) is 18.4 Å². The molecule has 0 radical (unpaired) electrons. The smallest absolute Gasteiger partial charge is 0.252 e. The molecule has 0 unspecified atom stereocenters. The first-order chi connectivity index (χ1) is 13.3. The van der Waals surface area contributed by atoms with Crippen molar-refractivity contribution in [2.45, 2.75) is 26.3 Å². The van der Waals surface area contributed by atoms with E-state index in [1.807, 2.05) is 6.07 Å². The van der Waals surface area contributed by atoms with Gasteiger partial charge in [-0.3, -0.25) is 14.6 Å². The lowest BCUT2D eigenvalue weighted by atomic mass is 10.0. The third-order valence-corrected chi connectivity index (χ3v) is 4.51. The van der Waals surface area contributed by atoms with Crippen LogP contribution in [0.4, 0.5) is 8.78 Å². The second-order valence-corrected chi connectivity index (χ2v) is 6.42. The number of aromatic amines is 1. The molecule has 3 rings (SSSR count). The number of carbonyl (C=O) groups excluding carboxylic acids is 1. The number of nitrogens with zero attached hydrogens (tertiary/aromatic N) is 2. The van der Waals surface area contributed by atoms with Crippen molar-refractivity contribution in [3.63, 3.8) is 0 Å². The number of rotatable bonds is 4. The molecule has 0 saturated carbocycles. The first kappa shape index (κ1) is 19.2. The van der Waals surface area contributed by atoms with Crippen LogP contribution < -0.4 is 10.9 Å². The number of fused-ring (bicyclic) bond motifs is 1. The third kappa shape index (κ3) is 3.74. The zero-order chi connectivity index (χ0) is 20.4. The molecule has 3 aromatic rings. The summed E-state index contributed by atoms with van der Waals surface area (Å²) in [4.78, 5) is 31.3. The summed E-state index contributed by atoms with van der Waals surface area (Å²) in [5.41, 5.74) is 1.20. The Hall–Kier alpha value is -3.60. The fraction of sp³-hybridized carbons (Fsp3) is 0.200. The SMILES string of the molecule is Cc1c(CC(=O)N[C@@H](C)c2ccc(C#N)cn2)c(=O)[nH]c2cc(F)c(F)cc12.[HH].[HH]. The molecule has 8 heteroatoms. The molecule has 1 aromatic carbocycles. The van der Waals surface area contributed by atoms with Gasteiger partial charge in [0.2, 0.25) is 5.91 Å². The summed E-state index contributed by atoms with van der Waals surface area (Å²) < 4.78 is 27.0. The van der Waals surface area contributed by atoms with Crippen LogP contribution >= 0.6 is 0 Å². The number of hydrogen-bond donors (Lipinski definition) is 2. The van der Waals surface area contributed by atoms with Crippen LogP contribution in [0.5, 0.6) is 0 Å². The van der Waals surface area contributed by atoms with Gasteiger partial charge in [-0.1, -0.05) is 0 Å². The van der Waals surface area contributed by atoms with E-state index in [0.717, 1.165) is 12.1 Å². The fourth-order valence-electron chi connectivity index (χ4n) is 2.96. The fourth-order valence-corrected chi connectivity index (χ4v) is 2.96. The number of amides is 1. The Kier molecular flexibility index (Phi) is 5.18. The maximum absolute atomic E-state index is 13.6. The number of hydrogen-bond acceptors (Lipinski definition) is 4. The van der Waals surface area contributed by atoms with Crippen molar-refractivity contribution >= 4 is 16.8 Å². The van der Waals surface area contributed by atoms with Crippen LogP contribution in [0.1, 0.15) is 38.2 Å². The zero-order valence-electron chi connectivity index (χ0n) is 15.1. The van der Waals surface area contributed by atoms with Crippen LogP contribution in [0.2, 0.25) is 0 Å².